The van der Waals surface area contributed by atoms with Crippen LogP contribution in [0.1, 0.15) is 31.0 Å². The summed E-state index contributed by atoms with van der Waals surface area (Å²) in [5.74, 6) is 0.805. The minimum Gasteiger partial charge on any atom is -0.496 e. The number of ether oxygens (including phenoxy) is 3. The molecule has 0 unspecified atom stereocenters. The molecule has 0 fully saturated rings. The topological polar surface area (TPSA) is 79.1 Å². The molecule has 35 heavy (non-hydrogen) atoms. The number of esters is 1. The molecule has 1 aliphatic heterocycles. The lowest BCUT2D eigenvalue weighted by molar-refractivity contribution is -0.139. The zero-order chi connectivity index (χ0) is 24.9. The molecule has 0 spiro atoms. The third kappa shape index (κ3) is 4.70. The van der Waals surface area contributed by atoms with E-state index in [2.05, 4.69) is 4.99 Å². The number of fused-ring (bicyclic) bond motifs is 1. The Kier molecular flexibility index (Phi) is 7.31. The van der Waals surface area contributed by atoms with E-state index in [-0.39, 0.29) is 12.2 Å². The first kappa shape index (κ1) is 24.2. The van der Waals surface area contributed by atoms with Crippen LogP contribution >= 0.6 is 11.3 Å². The van der Waals surface area contributed by atoms with Gasteiger partial charge in [-0.25, -0.2) is 9.79 Å². The monoisotopic (exact) mass is 490 g/mol. The Hall–Kier alpha value is -3.91. The number of benzene rings is 2. The fourth-order valence-corrected chi connectivity index (χ4v) is 5.03. The van der Waals surface area contributed by atoms with Crippen LogP contribution in [0.25, 0.3) is 12.2 Å². The Morgan fingerprint density at radius 1 is 1.09 bits per heavy atom. The molecule has 0 saturated heterocycles. The van der Waals surface area contributed by atoms with Crippen LogP contribution in [0.3, 0.4) is 0 Å². The van der Waals surface area contributed by atoms with E-state index in [9.17, 15) is 9.59 Å². The lowest BCUT2D eigenvalue weighted by Gasteiger charge is -2.25. The van der Waals surface area contributed by atoms with Gasteiger partial charge in [-0.1, -0.05) is 59.9 Å². The average molecular weight is 491 g/mol. The number of nitrogens with zero attached hydrogens (tertiary/aromatic N) is 2. The van der Waals surface area contributed by atoms with Gasteiger partial charge in [0.25, 0.3) is 5.56 Å². The van der Waals surface area contributed by atoms with Gasteiger partial charge in [-0.05, 0) is 32.1 Å². The number of aromatic nitrogens is 1. The molecule has 3 aromatic rings. The zero-order valence-electron chi connectivity index (χ0n) is 20.0. The Morgan fingerprint density at radius 2 is 1.77 bits per heavy atom. The Balaban J connectivity index is 1.88. The van der Waals surface area contributed by atoms with Gasteiger partial charge in [0, 0.05) is 11.1 Å². The SMILES string of the molecule is CCOC(=O)C1=C(C)N=c2s/c(=C/C=C/c3ccccc3OC)c(=O)n2[C@H]1c1ccccc1OC. The quantitative estimate of drug-likeness (QED) is 0.474. The number of carbonyl (C=O) groups is 1. The summed E-state index contributed by atoms with van der Waals surface area (Å²) in [5, 5.41) is 0. The summed E-state index contributed by atoms with van der Waals surface area (Å²) < 4.78 is 18.3. The maximum atomic E-state index is 13.6. The number of rotatable bonds is 7. The number of hydrogen-bond acceptors (Lipinski definition) is 7. The van der Waals surface area contributed by atoms with Crippen LogP contribution < -0.4 is 24.4 Å². The van der Waals surface area contributed by atoms with E-state index in [0.717, 1.165) is 11.3 Å². The van der Waals surface area contributed by atoms with Crippen molar-refractivity contribution in [3.8, 4) is 11.5 Å². The minimum absolute atomic E-state index is 0.215. The van der Waals surface area contributed by atoms with Crippen LogP contribution in [-0.2, 0) is 9.53 Å². The highest BCUT2D eigenvalue weighted by atomic mass is 32.1. The van der Waals surface area contributed by atoms with Crippen molar-refractivity contribution >= 4 is 29.5 Å². The van der Waals surface area contributed by atoms with Crippen molar-refractivity contribution in [3.05, 3.63) is 96.7 Å². The van der Waals surface area contributed by atoms with Crippen molar-refractivity contribution in [1.29, 1.82) is 0 Å². The maximum Gasteiger partial charge on any atom is 0.338 e. The summed E-state index contributed by atoms with van der Waals surface area (Å²) in [4.78, 5) is 31.7. The normalized spacial score (nSPS) is 15.7. The Morgan fingerprint density at radius 3 is 2.49 bits per heavy atom. The van der Waals surface area contributed by atoms with Gasteiger partial charge in [0.15, 0.2) is 4.80 Å². The third-order valence-electron chi connectivity index (χ3n) is 5.61. The van der Waals surface area contributed by atoms with Gasteiger partial charge in [-0.3, -0.25) is 9.36 Å². The molecular formula is C27H26N2O5S. The molecule has 2 heterocycles. The van der Waals surface area contributed by atoms with Crippen molar-refractivity contribution in [1.82, 2.24) is 4.57 Å². The van der Waals surface area contributed by atoms with Gasteiger partial charge in [0.1, 0.15) is 17.5 Å². The van der Waals surface area contributed by atoms with Crippen molar-refractivity contribution in [2.75, 3.05) is 20.8 Å². The number of thiazole rings is 1. The second kappa shape index (κ2) is 10.6. The van der Waals surface area contributed by atoms with Gasteiger partial charge >= 0.3 is 5.97 Å². The van der Waals surface area contributed by atoms with Crippen LogP contribution in [-0.4, -0.2) is 31.4 Å². The van der Waals surface area contributed by atoms with Gasteiger partial charge in [-0.15, -0.1) is 0 Å². The fraction of sp³-hybridized carbons (Fsp3) is 0.222. The molecule has 1 aliphatic rings. The molecule has 0 bridgehead atoms. The highest BCUT2D eigenvalue weighted by Crippen LogP contribution is 2.35. The Labute approximate surface area is 206 Å². The molecule has 180 valence electrons. The minimum atomic E-state index is -0.721. The van der Waals surface area contributed by atoms with Crippen LogP contribution in [0.2, 0.25) is 0 Å². The molecular weight excluding hydrogens is 464 g/mol. The second-order valence-corrected chi connectivity index (χ2v) is 8.68. The van der Waals surface area contributed by atoms with E-state index < -0.39 is 12.0 Å². The predicted octanol–water partition coefficient (Wildman–Crippen LogP) is 3.48. The lowest BCUT2D eigenvalue weighted by Crippen LogP contribution is -2.40. The largest absolute Gasteiger partial charge is 0.496 e. The molecule has 0 radical (unpaired) electrons. The average Bonchev–Trinajstić information content (AvgIpc) is 3.18. The van der Waals surface area contributed by atoms with Crippen molar-refractivity contribution < 1.29 is 19.0 Å². The number of hydrogen-bond donors (Lipinski definition) is 0. The van der Waals surface area contributed by atoms with Crippen LogP contribution in [0.15, 0.2) is 75.7 Å². The summed E-state index contributed by atoms with van der Waals surface area (Å²) in [7, 11) is 3.18. The third-order valence-corrected chi connectivity index (χ3v) is 6.61. The van der Waals surface area contributed by atoms with E-state index in [1.807, 2.05) is 54.6 Å². The first-order valence-electron chi connectivity index (χ1n) is 11.1. The van der Waals surface area contributed by atoms with Crippen molar-refractivity contribution in [3.63, 3.8) is 0 Å². The number of carbonyl (C=O) groups excluding carboxylic acids is 1. The van der Waals surface area contributed by atoms with Gasteiger partial charge in [-0.2, -0.15) is 0 Å². The van der Waals surface area contributed by atoms with Gasteiger partial charge in [0.05, 0.1) is 36.6 Å². The van der Waals surface area contributed by atoms with Crippen molar-refractivity contribution in [2.45, 2.75) is 19.9 Å². The van der Waals surface area contributed by atoms with E-state index >= 15 is 0 Å². The highest BCUT2D eigenvalue weighted by molar-refractivity contribution is 7.07. The van der Waals surface area contributed by atoms with Crippen LogP contribution in [0.5, 0.6) is 11.5 Å². The first-order valence-corrected chi connectivity index (χ1v) is 11.9. The van der Waals surface area contributed by atoms with Gasteiger partial charge < -0.3 is 14.2 Å². The maximum absolute atomic E-state index is 13.6. The van der Waals surface area contributed by atoms with Crippen LogP contribution in [0, 0.1) is 0 Å². The second-order valence-electron chi connectivity index (χ2n) is 7.67. The summed E-state index contributed by atoms with van der Waals surface area (Å²) in [6.45, 7) is 3.72. The summed E-state index contributed by atoms with van der Waals surface area (Å²) in [6, 6.07) is 14.2. The van der Waals surface area contributed by atoms with Crippen LogP contribution in [0.4, 0.5) is 0 Å². The number of methoxy groups -OCH3 is 2. The molecule has 7 nitrogen and oxygen atoms in total. The molecule has 0 N–H and O–H groups in total. The van der Waals surface area contributed by atoms with E-state index in [1.165, 1.54) is 11.3 Å². The molecule has 2 aromatic carbocycles. The molecule has 0 aliphatic carbocycles. The van der Waals surface area contributed by atoms with Crippen molar-refractivity contribution in [2.24, 2.45) is 4.99 Å². The molecule has 1 atom stereocenters. The summed E-state index contributed by atoms with van der Waals surface area (Å²) >= 11 is 1.27. The summed E-state index contributed by atoms with van der Waals surface area (Å²) in [6.07, 6.45) is 5.44. The molecule has 1 aromatic heterocycles. The van der Waals surface area contributed by atoms with E-state index in [4.69, 9.17) is 14.2 Å². The fourth-order valence-electron chi connectivity index (χ4n) is 4.04. The molecule has 0 amide bonds. The molecule has 8 heteroatoms. The lowest BCUT2D eigenvalue weighted by atomic mass is 9.95. The number of allylic oxidation sites excluding steroid dienone is 2. The smallest absolute Gasteiger partial charge is 0.338 e. The van der Waals surface area contributed by atoms with Gasteiger partial charge in [0.2, 0.25) is 0 Å². The standard InChI is InChI=1S/C27H26N2O5S/c1-5-34-26(31)23-17(2)28-27-29(24(23)19-13-7-9-15-21(19)33-4)25(30)22(35-27)16-10-12-18-11-6-8-14-20(18)32-3/h6-16,24H,5H2,1-4H3/b12-10+,22-16+/t24-/m0/s1. The zero-order valence-corrected chi connectivity index (χ0v) is 20.8. The Bertz CT molecular complexity index is 1500. The van der Waals surface area contributed by atoms with E-state index in [1.54, 1.807) is 44.8 Å². The predicted molar refractivity (Wildman–Crippen MR) is 136 cm³/mol. The highest BCUT2D eigenvalue weighted by Gasteiger charge is 2.34. The first-order chi connectivity index (χ1) is 17.0. The molecule has 4 rings (SSSR count). The number of para-hydroxylation sites is 2. The molecule has 0 saturated carbocycles. The summed E-state index contributed by atoms with van der Waals surface area (Å²) in [5.41, 5.74) is 2.16. The van der Waals surface area contributed by atoms with E-state index in [0.29, 0.717) is 31.9 Å².